The highest BCUT2D eigenvalue weighted by Crippen LogP contribution is 2.14. The number of hydrogen-bond donors (Lipinski definition) is 1. The zero-order chi connectivity index (χ0) is 18.6. The molecule has 0 aromatic carbocycles. The van der Waals surface area contributed by atoms with Gasteiger partial charge in [-0.05, 0) is 12.8 Å². The summed E-state index contributed by atoms with van der Waals surface area (Å²) >= 11 is 0. The van der Waals surface area contributed by atoms with Crippen molar-refractivity contribution in [2.24, 2.45) is 0 Å². The number of nitrogens with one attached hydrogen (secondary N) is 1. The van der Waals surface area contributed by atoms with Gasteiger partial charge < -0.3 is 15.2 Å². The average molecular weight is 364 g/mol. The molecule has 2 fully saturated rings. The SMILES string of the molecule is N=C1CCN(C(=O)CCC(=O)N2CCCCCCCCCCCC2)CC1. The Bertz CT molecular complexity index is 440. The summed E-state index contributed by atoms with van der Waals surface area (Å²) in [6.07, 6.45) is 14.6. The van der Waals surface area contributed by atoms with Crippen molar-refractivity contribution < 1.29 is 9.59 Å². The molecule has 1 N–H and O–H groups in total. The first kappa shape index (κ1) is 20.9. The number of rotatable bonds is 3. The van der Waals surface area contributed by atoms with Crippen molar-refractivity contribution in [2.75, 3.05) is 26.2 Å². The van der Waals surface area contributed by atoms with E-state index in [4.69, 9.17) is 5.41 Å². The maximum Gasteiger partial charge on any atom is 0.223 e. The van der Waals surface area contributed by atoms with Crippen molar-refractivity contribution in [2.45, 2.75) is 89.9 Å². The van der Waals surface area contributed by atoms with Gasteiger partial charge >= 0.3 is 0 Å². The molecule has 2 aliphatic heterocycles. The Morgan fingerprint density at radius 3 is 1.38 bits per heavy atom. The molecule has 0 saturated carbocycles. The second-order valence-corrected chi connectivity index (χ2v) is 7.90. The minimum absolute atomic E-state index is 0.0803. The van der Waals surface area contributed by atoms with Crippen LogP contribution >= 0.6 is 0 Å². The lowest BCUT2D eigenvalue weighted by Gasteiger charge is -2.28. The Kier molecular flexibility index (Phi) is 9.72. The zero-order valence-electron chi connectivity index (χ0n) is 16.4. The lowest BCUT2D eigenvalue weighted by Crippen LogP contribution is -2.39. The van der Waals surface area contributed by atoms with E-state index in [9.17, 15) is 9.59 Å². The molecule has 2 rings (SSSR count). The standard InChI is InChI=1S/C21H37N3O2/c22-19-13-17-24(18-14-19)21(26)12-11-20(25)23-15-9-7-5-3-1-2-4-6-8-10-16-23/h22H,1-18H2. The predicted octanol–water partition coefficient (Wildman–Crippen LogP) is 4.15. The van der Waals surface area contributed by atoms with Gasteiger partial charge in [0.25, 0.3) is 0 Å². The molecule has 2 heterocycles. The Morgan fingerprint density at radius 1 is 0.615 bits per heavy atom. The minimum Gasteiger partial charge on any atom is -0.343 e. The molecular weight excluding hydrogens is 326 g/mol. The molecular formula is C21H37N3O2. The van der Waals surface area contributed by atoms with Gasteiger partial charge in [-0.25, -0.2) is 0 Å². The summed E-state index contributed by atoms with van der Waals surface area (Å²) < 4.78 is 0. The maximum atomic E-state index is 12.6. The third-order valence-electron chi connectivity index (χ3n) is 5.73. The van der Waals surface area contributed by atoms with E-state index in [-0.39, 0.29) is 11.8 Å². The monoisotopic (exact) mass is 363 g/mol. The van der Waals surface area contributed by atoms with Gasteiger partial charge in [0, 0.05) is 57.6 Å². The van der Waals surface area contributed by atoms with Crippen LogP contribution in [0.4, 0.5) is 0 Å². The summed E-state index contributed by atoms with van der Waals surface area (Å²) in [6.45, 7) is 3.01. The van der Waals surface area contributed by atoms with Crippen molar-refractivity contribution in [3.63, 3.8) is 0 Å². The van der Waals surface area contributed by atoms with E-state index >= 15 is 0 Å². The summed E-state index contributed by atoms with van der Waals surface area (Å²) in [7, 11) is 0. The second kappa shape index (κ2) is 12.1. The van der Waals surface area contributed by atoms with Crippen LogP contribution in [-0.4, -0.2) is 53.5 Å². The summed E-state index contributed by atoms with van der Waals surface area (Å²) in [4.78, 5) is 28.8. The molecule has 2 aliphatic rings. The maximum absolute atomic E-state index is 12.6. The van der Waals surface area contributed by atoms with Crippen LogP contribution in [0.25, 0.3) is 0 Å². The van der Waals surface area contributed by atoms with E-state index in [0.717, 1.165) is 31.6 Å². The number of piperidine rings is 1. The second-order valence-electron chi connectivity index (χ2n) is 7.90. The van der Waals surface area contributed by atoms with Crippen LogP contribution in [0.5, 0.6) is 0 Å². The number of amides is 2. The summed E-state index contributed by atoms with van der Waals surface area (Å²) in [5.74, 6) is 0.231. The molecule has 0 unspecified atom stereocenters. The normalized spacial score (nSPS) is 21.5. The topological polar surface area (TPSA) is 64.5 Å². The van der Waals surface area contributed by atoms with Crippen LogP contribution in [0.1, 0.15) is 89.9 Å². The van der Waals surface area contributed by atoms with Gasteiger partial charge in [0.1, 0.15) is 0 Å². The van der Waals surface area contributed by atoms with Crippen LogP contribution in [-0.2, 0) is 9.59 Å². The van der Waals surface area contributed by atoms with E-state index in [2.05, 4.69) is 0 Å². The molecule has 2 amide bonds. The average Bonchev–Trinajstić information content (AvgIpc) is 2.67. The van der Waals surface area contributed by atoms with Crippen molar-refractivity contribution in [3.05, 3.63) is 0 Å². The van der Waals surface area contributed by atoms with Gasteiger partial charge in [-0.15, -0.1) is 0 Å². The van der Waals surface area contributed by atoms with Crippen molar-refractivity contribution in [3.8, 4) is 0 Å². The van der Waals surface area contributed by atoms with E-state index in [1.807, 2.05) is 9.80 Å². The van der Waals surface area contributed by atoms with Crippen molar-refractivity contribution in [1.82, 2.24) is 9.80 Å². The fraction of sp³-hybridized carbons (Fsp3) is 0.857. The Labute approximate surface area is 159 Å². The Balaban J connectivity index is 1.74. The first-order valence-electron chi connectivity index (χ1n) is 10.8. The van der Waals surface area contributed by atoms with E-state index in [1.54, 1.807) is 0 Å². The number of carbonyl (C=O) groups excluding carboxylic acids is 2. The third kappa shape index (κ3) is 7.88. The van der Waals surface area contributed by atoms with Gasteiger partial charge in [0.2, 0.25) is 11.8 Å². The van der Waals surface area contributed by atoms with Crippen LogP contribution < -0.4 is 0 Å². The smallest absolute Gasteiger partial charge is 0.223 e. The van der Waals surface area contributed by atoms with Gasteiger partial charge in [0.15, 0.2) is 0 Å². The molecule has 26 heavy (non-hydrogen) atoms. The van der Waals surface area contributed by atoms with Gasteiger partial charge in [-0.1, -0.05) is 51.4 Å². The van der Waals surface area contributed by atoms with Crippen molar-refractivity contribution >= 4 is 17.5 Å². The molecule has 0 atom stereocenters. The Morgan fingerprint density at radius 2 is 0.962 bits per heavy atom. The van der Waals surface area contributed by atoms with Gasteiger partial charge in [-0.3, -0.25) is 9.59 Å². The van der Waals surface area contributed by atoms with Crippen molar-refractivity contribution in [1.29, 1.82) is 5.41 Å². The summed E-state index contributed by atoms with van der Waals surface area (Å²) in [5.41, 5.74) is 0.736. The lowest BCUT2D eigenvalue weighted by atomic mass is 10.1. The highest BCUT2D eigenvalue weighted by atomic mass is 16.2. The molecule has 5 nitrogen and oxygen atoms in total. The Hall–Kier alpha value is -1.39. The first-order chi connectivity index (χ1) is 12.7. The van der Waals surface area contributed by atoms with Gasteiger partial charge in [-0.2, -0.15) is 0 Å². The molecule has 0 spiro atoms. The molecule has 0 aliphatic carbocycles. The molecule has 2 saturated heterocycles. The molecule has 0 bridgehead atoms. The highest BCUT2D eigenvalue weighted by molar-refractivity contribution is 5.87. The minimum atomic E-state index is 0.0803. The predicted molar refractivity (Wildman–Crippen MR) is 106 cm³/mol. The molecule has 0 aromatic heterocycles. The van der Waals surface area contributed by atoms with Crippen LogP contribution in [0.3, 0.4) is 0 Å². The third-order valence-corrected chi connectivity index (χ3v) is 5.73. The zero-order valence-corrected chi connectivity index (χ0v) is 16.4. The quantitative estimate of drug-likeness (QED) is 0.818. The van der Waals surface area contributed by atoms with E-state index in [0.29, 0.717) is 38.8 Å². The summed E-state index contributed by atoms with van der Waals surface area (Å²) in [6, 6.07) is 0. The van der Waals surface area contributed by atoms with E-state index in [1.165, 1.54) is 51.4 Å². The number of carbonyl (C=O) groups is 2. The molecule has 0 radical (unpaired) electrons. The number of likely N-dealkylation sites (tertiary alicyclic amines) is 1. The molecule has 148 valence electrons. The number of hydrogen-bond acceptors (Lipinski definition) is 3. The molecule has 0 aromatic rings. The fourth-order valence-electron chi connectivity index (χ4n) is 3.94. The van der Waals surface area contributed by atoms with Crippen LogP contribution in [0.15, 0.2) is 0 Å². The lowest BCUT2D eigenvalue weighted by molar-refractivity contribution is -0.137. The number of nitrogens with zero attached hydrogens (tertiary/aromatic N) is 2. The van der Waals surface area contributed by atoms with E-state index < -0.39 is 0 Å². The largest absolute Gasteiger partial charge is 0.343 e. The fourth-order valence-corrected chi connectivity index (χ4v) is 3.94. The van der Waals surface area contributed by atoms with Crippen LogP contribution in [0.2, 0.25) is 0 Å². The highest BCUT2D eigenvalue weighted by Gasteiger charge is 2.21. The van der Waals surface area contributed by atoms with Gasteiger partial charge in [0.05, 0.1) is 0 Å². The molecule has 5 heteroatoms. The summed E-state index contributed by atoms with van der Waals surface area (Å²) in [5, 5.41) is 7.64. The first-order valence-corrected chi connectivity index (χ1v) is 10.8. The van der Waals surface area contributed by atoms with Crippen LogP contribution in [0, 0.1) is 5.41 Å².